The molecule has 0 bridgehead atoms. The molecule has 0 aliphatic rings. The van der Waals surface area contributed by atoms with E-state index in [4.69, 9.17) is 5.73 Å². The van der Waals surface area contributed by atoms with Crippen LogP contribution >= 0.6 is 0 Å². The molecular weight excluding hydrogens is 298 g/mol. The van der Waals surface area contributed by atoms with E-state index in [1.807, 2.05) is 0 Å². The van der Waals surface area contributed by atoms with Crippen molar-refractivity contribution >= 4 is 5.82 Å². The highest BCUT2D eigenvalue weighted by Crippen LogP contribution is 2.33. The van der Waals surface area contributed by atoms with E-state index in [9.17, 15) is 8.78 Å². The maximum Gasteiger partial charge on any atom is 0.150 e. The van der Waals surface area contributed by atoms with Crippen LogP contribution in [0, 0.1) is 18.6 Å². The average molecular weight is 312 g/mol. The van der Waals surface area contributed by atoms with Crippen molar-refractivity contribution in [1.82, 2.24) is 15.2 Å². The third kappa shape index (κ3) is 3.15. The third-order valence-corrected chi connectivity index (χ3v) is 3.53. The van der Waals surface area contributed by atoms with Crippen LogP contribution in [-0.2, 0) is 0 Å². The number of rotatable bonds is 3. The first kappa shape index (κ1) is 15.0. The van der Waals surface area contributed by atoms with Gasteiger partial charge in [0, 0.05) is 0 Å². The normalized spacial score (nSPS) is 11.0. The molecule has 2 aromatic carbocycles. The lowest BCUT2D eigenvalue weighted by atomic mass is 9.88. The van der Waals surface area contributed by atoms with Crippen LogP contribution in [-0.4, -0.2) is 15.2 Å². The standard InChI is InChI=1S/C17H14F2N4/c1-10-21-17(20)16(23-22-10)15(11-2-6-13(18)7-3-11)12-4-8-14(19)9-5-12/h2-9,15H,1H3,(H2,20,21,22). The maximum absolute atomic E-state index is 13.2. The van der Waals surface area contributed by atoms with E-state index in [1.165, 1.54) is 24.3 Å². The van der Waals surface area contributed by atoms with E-state index < -0.39 is 5.92 Å². The molecule has 3 aromatic rings. The molecule has 0 unspecified atom stereocenters. The predicted octanol–water partition coefficient (Wildman–Crippen LogP) is 3.22. The van der Waals surface area contributed by atoms with E-state index in [-0.39, 0.29) is 17.5 Å². The molecule has 0 saturated heterocycles. The van der Waals surface area contributed by atoms with Gasteiger partial charge in [-0.3, -0.25) is 0 Å². The number of halogens is 2. The Bertz CT molecular complexity index is 772. The average Bonchev–Trinajstić information content (AvgIpc) is 2.53. The molecule has 0 aliphatic carbocycles. The van der Waals surface area contributed by atoms with Gasteiger partial charge in [0.25, 0.3) is 0 Å². The Morgan fingerprint density at radius 3 is 1.74 bits per heavy atom. The number of aromatic nitrogens is 3. The molecule has 1 heterocycles. The number of nitrogen functional groups attached to an aromatic ring is 1. The Hall–Kier alpha value is -2.89. The van der Waals surface area contributed by atoms with E-state index in [2.05, 4.69) is 15.2 Å². The molecule has 116 valence electrons. The van der Waals surface area contributed by atoms with Crippen LogP contribution in [0.4, 0.5) is 14.6 Å². The summed E-state index contributed by atoms with van der Waals surface area (Å²) in [5, 5.41) is 8.11. The summed E-state index contributed by atoms with van der Waals surface area (Å²) in [4.78, 5) is 4.14. The first-order chi connectivity index (χ1) is 11.0. The summed E-state index contributed by atoms with van der Waals surface area (Å²) in [5.74, 6) is -0.378. The largest absolute Gasteiger partial charge is 0.382 e. The monoisotopic (exact) mass is 312 g/mol. The van der Waals surface area contributed by atoms with Crippen molar-refractivity contribution in [2.45, 2.75) is 12.8 Å². The first-order valence-electron chi connectivity index (χ1n) is 7.02. The molecule has 6 heteroatoms. The highest BCUT2D eigenvalue weighted by molar-refractivity contribution is 5.48. The van der Waals surface area contributed by atoms with Gasteiger partial charge in [-0.15, -0.1) is 10.2 Å². The highest BCUT2D eigenvalue weighted by atomic mass is 19.1. The third-order valence-electron chi connectivity index (χ3n) is 3.53. The molecule has 2 N–H and O–H groups in total. The Balaban J connectivity index is 2.16. The number of nitrogens with zero attached hydrogens (tertiary/aromatic N) is 3. The van der Waals surface area contributed by atoms with Gasteiger partial charge in [0.2, 0.25) is 0 Å². The van der Waals surface area contributed by atoms with Gasteiger partial charge in [-0.05, 0) is 42.3 Å². The molecule has 1 aromatic heterocycles. The van der Waals surface area contributed by atoms with Gasteiger partial charge in [-0.1, -0.05) is 24.3 Å². The second kappa shape index (κ2) is 6.08. The fourth-order valence-electron chi connectivity index (χ4n) is 2.46. The summed E-state index contributed by atoms with van der Waals surface area (Å²) in [7, 11) is 0. The van der Waals surface area contributed by atoms with Crippen LogP contribution in [0.25, 0.3) is 0 Å². The summed E-state index contributed by atoms with van der Waals surface area (Å²) in [5.41, 5.74) is 7.98. The van der Waals surface area contributed by atoms with Gasteiger partial charge >= 0.3 is 0 Å². The molecule has 23 heavy (non-hydrogen) atoms. The number of aryl methyl sites for hydroxylation is 1. The number of anilines is 1. The smallest absolute Gasteiger partial charge is 0.150 e. The number of hydrogen-bond acceptors (Lipinski definition) is 4. The summed E-state index contributed by atoms with van der Waals surface area (Å²) in [6.07, 6.45) is 0. The molecule has 0 amide bonds. The van der Waals surface area contributed by atoms with Crippen molar-refractivity contribution in [3.63, 3.8) is 0 Å². The molecule has 0 saturated carbocycles. The van der Waals surface area contributed by atoms with Gasteiger partial charge in [-0.25, -0.2) is 13.8 Å². The molecule has 0 aliphatic heterocycles. The van der Waals surface area contributed by atoms with Crippen molar-refractivity contribution in [2.24, 2.45) is 0 Å². The fraction of sp³-hybridized carbons (Fsp3) is 0.118. The van der Waals surface area contributed by atoms with Gasteiger partial charge < -0.3 is 5.73 Å². The molecule has 4 nitrogen and oxygen atoms in total. The Labute approximate surface area is 132 Å². The van der Waals surface area contributed by atoms with Crippen LogP contribution in [0.5, 0.6) is 0 Å². The van der Waals surface area contributed by atoms with E-state index >= 15 is 0 Å². The van der Waals surface area contributed by atoms with Crippen molar-refractivity contribution in [3.8, 4) is 0 Å². The quantitative estimate of drug-likeness (QED) is 0.806. The van der Waals surface area contributed by atoms with Crippen LogP contribution < -0.4 is 5.73 Å². The zero-order valence-corrected chi connectivity index (χ0v) is 12.4. The topological polar surface area (TPSA) is 64.7 Å². The minimum atomic E-state index is -0.406. The van der Waals surface area contributed by atoms with Crippen molar-refractivity contribution < 1.29 is 8.78 Å². The van der Waals surface area contributed by atoms with Gasteiger partial charge in [0.1, 0.15) is 29.0 Å². The van der Waals surface area contributed by atoms with Gasteiger partial charge in [0.05, 0.1) is 5.92 Å². The lowest BCUT2D eigenvalue weighted by molar-refractivity contribution is 0.625. The summed E-state index contributed by atoms with van der Waals surface area (Å²) < 4.78 is 26.5. The minimum Gasteiger partial charge on any atom is -0.382 e. The number of hydrogen-bond donors (Lipinski definition) is 1. The van der Waals surface area contributed by atoms with Crippen molar-refractivity contribution in [3.05, 3.63) is 82.8 Å². The second-order valence-electron chi connectivity index (χ2n) is 5.17. The van der Waals surface area contributed by atoms with E-state index in [1.54, 1.807) is 31.2 Å². The fourth-order valence-corrected chi connectivity index (χ4v) is 2.46. The first-order valence-corrected chi connectivity index (χ1v) is 7.02. The number of benzene rings is 2. The molecule has 3 rings (SSSR count). The van der Waals surface area contributed by atoms with E-state index in [0.717, 1.165) is 11.1 Å². The lowest BCUT2D eigenvalue weighted by Gasteiger charge is -2.18. The van der Waals surface area contributed by atoms with Crippen LogP contribution in [0.1, 0.15) is 28.6 Å². The Morgan fingerprint density at radius 1 is 0.826 bits per heavy atom. The zero-order valence-electron chi connectivity index (χ0n) is 12.4. The van der Waals surface area contributed by atoms with Gasteiger partial charge in [-0.2, -0.15) is 0 Å². The maximum atomic E-state index is 13.2. The zero-order chi connectivity index (χ0) is 16.4. The SMILES string of the molecule is Cc1nnc(C(c2ccc(F)cc2)c2ccc(F)cc2)c(N)n1. The van der Waals surface area contributed by atoms with E-state index in [0.29, 0.717) is 11.5 Å². The van der Waals surface area contributed by atoms with Crippen molar-refractivity contribution in [2.75, 3.05) is 5.73 Å². The molecule has 0 spiro atoms. The second-order valence-corrected chi connectivity index (χ2v) is 5.17. The van der Waals surface area contributed by atoms with Crippen molar-refractivity contribution in [1.29, 1.82) is 0 Å². The predicted molar refractivity (Wildman–Crippen MR) is 82.7 cm³/mol. The van der Waals surface area contributed by atoms with Crippen LogP contribution in [0.2, 0.25) is 0 Å². The van der Waals surface area contributed by atoms with Crippen LogP contribution in [0.3, 0.4) is 0 Å². The molecular formula is C17H14F2N4. The van der Waals surface area contributed by atoms with Gasteiger partial charge in [0.15, 0.2) is 0 Å². The number of nitrogens with two attached hydrogens (primary N) is 1. The molecule has 0 atom stereocenters. The highest BCUT2D eigenvalue weighted by Gasteiger charge is 2.22. The summed E-state index contributed by atoms with van der Waals surface area (Å²) in [6, 6.07) is 12.0. The summed E-state index contributed by atoms with van der Waals surface area (Å²) >= 11 is 0. The Morgan fingerprint density at radius 2 is 1.30 bits per heavy atom. The molecule has 0 fully saturated rings. The summed E-state index contributed by atoms with van der Waals surface area (Å²) in [6.45, 7) is 1.69. The van der Waals surface area contributed by atoms with Crippen LogP contribution in [0.15, 0.2) is 48.5 Å². The lowest BCUT2D eigenvalue weighted by Crippen LogP contribution is -2.12. The Kier molecular flexibility index (Phi) is 3.97. The minimum absolute atomic E-state index is 0.246. The molecule has 0 radical (unpaired) electrons.